The zero-order valence-corrected chi connectivity index (χ0v) is 17.2. The van der Waals surface area contributed by atoms with Crippen molar-refractivity contribution in [2.45, 2.75) is 45.1 Å². The van der Waals surface area contributed by atoms with E-state index in [1.165, 1.54) is 6.42 Å². The van der Waals surface area contributed by atoms with E-state index in [2.05, 4.69) is 28.5 Å². The Morgan fingerprint density at radius 1 is 1.29 bits per heavy atom. The number of rotatable bonds is 8. The summed E-state index contributed by atoms with van der Waals surface area (Å²) in [6.45, 7) is 4.19. The Hall–Kier alpha value is -2.54. The van der Waals surface area contributed by atoms with Gasteiger partial charge in [-0.3, -0.25) is 0 Å². The molecule has 1 aromatic carbocycles. The summed E-state index contributed by atoms with van der Waals surface area (Å²) in [6, 6.07) is 8.26. The summed E-state index contributed by atoms with van der Waals surface area (Å²) >= 11 is 0. The predicted octanol–water partition coefficient (Wildman–Crippen LogP) is 3.34. The van der Waals surface area contributed by atoms with Crippen LogP contribution in [-0.2, 0) is 6.42 Å². The van der Waals surface area contributed by atoms with Gasteiger partial charge in [0.2, 0.25) is 5.95 Å². The fraction of sp³-hybridized carbons (Fsp3) is 0.524. The molecule has 0 aliphatic carbocycles. The molecule has 7 nitrogen and oxygen atoms in total. The van der Waals surface area contributed by atoms with Gasteiger partial charge < -0.3 is 26.0 Å². The third-order valence-corrected chi connectivity index (χ3v) is 5.19. The van der Waals surface area contributed by atoms with Gasteiger partial charge in [0, 0.05) is 36.6 Å². The van der Waals surface area contributed by atoms with Crippen LogP contribution in [0.1, 0.15) is 38.3 Å². The van der Waals surface area contributed by atoms with Crippen LogP contribution in [0.3, 0.4) is 0 Å². The standard InChI is InChI=1S/C21H32N6O/c1-4-5-7-15-13-20(27-11-6-8-17(14-27)23-2)26-21(24-15)25-16-9-10-19(28-3)18(22)12-16/h9-10,12-13,17,23H,4-8,11,14,22H2,1-3H3,(H,24,25,26). The van der Waals surface area contributed by atoms with Crippen molar-refractivity contribution in [3.8, 4) is 5.75 Å². The normalized spacial score (nSPS) is 16.8. The van der Waals surface area contributed by atoms with Crippen molar-refractivity contribution in [3.05, 3.63) is 30.0 Å². The predicted molar refractivity (Wildman–Crippen MR) is 116 cm³/mol. The Labute approximate surface area is 167 Å². The maximum Gasteiger partial charge on any atom is 0.229 e. The molecule has 1 saturated heterocycles. The molecule has 1 aromatic heterocycles. The molecule has 2 aromatic rings. The van der Waals surface area contributed by atoms with E-state index in [-0.39, 0.29) is 0 Å². The lowest BCUT2D eigenvalue weighted by molar-refractivity contribution is 0.417. The summed E-state index contributed by atoms with van der Waals surface area (Å²) in [7, 11) is 3.64. The number of piperidine rings is 1. The second-order valence-electron chi connectivity index (χ2n) is 7.30. The number of likely N-dealkylation sites (N-methyl/N-ethyl adjacent to an activating group) is 1. The van der Waals surface area contributed by atoms with Crippen LogP contribution in [0.25, 0.3) is 0 Å². The van der Waals surface area contributed by atoms with Crippen molar-refractivity contribution in [2.24, 2.45) is 0 Å². The fourth-order valence-corrected chi connectivity index (χ4v) is 3.55. The van der Waals surface area contributed by atoms with E-state index in [1.807, 2.05) is 25.2 Å². The van der Waals surface area contributed by atoms with Gasteiger partial charge in [-0.15, -0.1) is 0 Å². The summed E-state index contributed by atoms with van der Waals surface area (Å²) in [6.07, 6.45) is 5.58. The van der Waals surface area contributed by atoms with Crippen molar-refractivity contribution in [1.82, 2.24) is 15.3 Å². The van der Waals surface area contributed by atoms with E-state index < -0.39 is 0 Å². The Bertz CT molecular complexity index is 781. The minimum Gasteiger partial charge on any atom is -0.495 e. The maximum absolute atomic E-state index is 6.04. The van der Waals surface area contributed by atoms with Crippen LogP contribution in [0.4, 0.5) is 23.1 Å². The van der Waals surface area contributed by atoms with Crippen LogP contribution >= 0.6 is 0 Å². The van der Waals surface area contributed by atoms with Crippen molar-refractivity contribution in [2.75, 3.05) is 43.2 Å². The lowest BCUT2D eigenvalue weighted by Crippen LogP contribution is -2.44. The topological polar surface area (TPSA) is 88.3 Å². The molecule has 7 heteroatoms. The number of aromatic nitrogens is 2. The molecule has 1 fully saturated rings. The average Bonchev–Trinajstić information content (AvgIpc) is 2.72. The molecule has 28 heavy (non-hydrogen) atoms. The van der Waals surface area contributed by atoms with Gasteiger partial charge in [-0.1, -0.05) is 13.3 Å². The number of nitrogens with two attached hydrogens (primary N) is 1. The molecule has 2 heterocycles. The second-order valence-corrected chi connectivity index (χ2v) is 7.30. The molecule has 152 valence electrons. The highest BCUT2D eigenvalue weighted by Crippen LogP contribution is 2.27. The number of hydrogen-bond acceptors (Lipinski definition) is 7. The third-order valence-electron chi connectivity index (χ3n) is 5.19. The molecule has 0 amide bonds. The number of hydrogen-bond donors (Lipinski definition) is 3. The van der Waals surface area contributed by atoms with Crippen LogP contribution in [0.2, 0.25) is 0 Å². The summed E-state index contributed by atoms with van der Waals surface area (Å²) in [5, 5.41) is 6.72. The molecule has 1 atom stereocenters. The van der Waals surface area contributed by atoms with E-state index in [0.29, 0.717) is 23.4 Å². The number of benzene rings is 1. The maximum atomic E-state index is 6.04. The zero-order valence-electron chi connectivity index (χ0n) is 17.2. The molecule has 0 spiro atoms. The first-order chi connectivity index (χ1) is 13.6. The van der Waals surface area contributed by atoms with E-state index in [0.717, 1.165) is 56.0 Å². The monoisotopic (exact) mass is 384 g/mol. The van der Waals surface area contributed by atoms with E-state index in [9.17, 15) is 0 Å². The lowest BCUT2D eigenvalue weighted by atomic mass is 10.1. The van der Waals surface area contributed by atoms with Crippen molar-refractivity contribution < 1.29 is 4.74 Å². The zero-order chi connectivity index (χ0) is 19.9. The molecule has 4 N–H and O–H groups in total. The number of nitrogens with zero attached hydrogens (tertiary/aromatic N) is 3. The van der Waals surface area contributed by atoms with Gasteiger partial charge in [-0.25, -0.2) is 4.98 Å². The first-order valence-corrected chi connectivity index (χ1v) is 10.1. The molecule has 0 bridgehead atoms. The highest BCUT2D eigenvalue weighted by atomic mass is 16.5. The first-order valence-electron chi connectivity index (χ1n) is 10.1. The summed E-state index contributed by atoms with van der Waals surface area (Å²) in [4.78, 5) is 11.9. The van der Waals surface area contributed by atoms with Crippen molar-refractivity contribution >= 4 is 23.1 Å². The molecule has 3 rings (SSSR count). The highest BCUT2D eigenvalue weighted by Gasteiger charge is 2.20. The minimum absolute atomic E-state index is 0.501. The number of methoxy groups -OCH3 is 1. The molecule has 1 aliphatic heterocycles. The summed E-state index contributed by atoms with van der Waals surface area (Å²) in [5.74, 6) is 2.26. The molecule has 1 aliphatic rings. The summed E-state index contributed by atoms with van der Waals surface area (Å²) < 4.78 is 5.24. The smallest absolute Gasteiger partial charge is 0.229 e. The Kier molecular flexibility index (Phi) is 6.92. The fourth-order valence-electron chi connectivity index (χ4n) is 3.55. The molecule has 0 saturated carbocycles. The van der Waals surface area contributed by atoms with Crippen LogP contribution in [0, 0.1) is 0 Å². The Morgan fingerprint density at radius 3 is 2.86 bits per heavy atom. The van der Waals surface area contributed by atoms with Crippen molar-refractivity contribution in [3.63, 3.8) is 0 Å². The van der Waals surface area contributed by atoms with Gasteiger partial charge in [0.1, 0.15) is 11.6 Å². The Balaban J connectivity index is 1.85. The number of nitrogens with one attached hydrogen (secondary N) is 2. The highest BCUT2D eigenvalue weighted by molar-refractivity contribution is 5.65. The van der Waals surface area contributed by atoms with E-state index in [4.69, 9.17) is 20.4 Å². The molecular weight excluding hydrogens is 352 g/mol. The molecule has 0 radical (unpaired) electrons. The van der Waals surface area contributed by atoms with Crippen LogP contribution in [0.15, 0.2) is 24.3 Å². The van der Waals surface area contributed by atoms with Crippen molar-refractivity contribution in [1.29, 1.82) is 0 Å². The van der Waals surface area contributed by atoms with Crippen LogP contribution in [0.5, 0.6) is 5.75 Å². The molecule has 1 unspecified atom stereocenters. The van der Waals surface area contributed by atoms with E-state index in [1.54, 1.807) is 7.11 Å². The van der Waals surface area contributed by atoms with Gasteiger partial charge in [0.05, 0.1) is 12.8 Å². The number of aryl methyl sites for hydroxylation is 1. The quantitative estimate of drug-likeness (QED) is 0.602. The summed E-state index contributed by atoms with van der Waals surface area (Å²) in [5.41, 5.74) is 8.55. The minimum atomic E-state index is 0.501. The third kappa shape index (κ3) is 5.04. The van der Waals surface area contributed by atoms with Crippen LogP contribution < -0.4 is 26.0 Å². The number of ether oxygens (including phenoxy) is 1. The number of anilines is 4. The van der Waals surface area contributed by atoms with Gasteiger partial charge in [-0.2, -0.15) is 4.98 Å². The number of nitrogen functional groups attached to an aromatic ring is 1. The first kappa shape index (κ1) is 20.2. The SMILES string of the molecule is CCCCc1cc(N2CCCC(NC)C2)nc(Nc2ccc(OC)c(N)c2)n1. The van der Waals surface area contributed by atoms with Gasteiger partial charge >= 0.3 is 0 Å². The van der Waals surface area contributed by atoms with E-state index >= 15 is 0 Å². The largest absolute Gasteiger partial charge is 0.495 e. The number of unbranched alkanes of at least 4 members (excludes halogenated alkanes) is 1. The second kappa shape index (κ2) is 9.59. The Morgan fingerprint density at radius 2 is 2.14 bits per heavy atom. The molecular formula is C21H32N6O. The van der Waals surface area contributed by atoms with Gasteiger partial charge in [0.25, 0.3) is 0 Å². The van der Waals surface area contributed by atoms with Gasteiger partial charge in [0.15, 0.2) is 0 Å². The lowest BCUT2D eigenvalue weighted by Gasteiger charge is -2.33. The average molecular weight is 385 g/mol. The van der Waals surface area contributed by atoms with Crippen LogP contribution in [-0.4, -0.2) is 43.3 Å². The van der Waals surface area contributed by atoms with Gasteiger partial charge in [-0.05, 0) is 50.9 Å².